The van der Waals surface area contributed by atoms with E-state index >= 15 is 0 Å². The van der Waals surface area contributed by atoms with Gasteiger partial charge in [-0.3, -0.25) is 4.98 Å². The van der Waals surface area contributed by atoms with E-state index in [0.717, 1.165) is 10.9 Å². The molecular weight excluding hydrogens is 267 g/mol. The van der Waals surface area contributed by atoms with Crippen molar-refractivity contribution in [3.63, 3.8) is 0 Å². The molecule has 4 heteroatoms. The monoisotopic (exact) mass is 278 g/mol. The van der Waals surface area contributed by atoms with Gasteiger partial charge in [0.05, 0.1) is 5.52 Å². The highest BCUT2D eigenvalue weighted by Gasteiger charge is 2.11. The molecule has 1 aromatic heterocycles. The zero-order chi connectivity index (χ0) is 14.8. The Labute approximate surface area is 121 Å². The number of nitrogens with zero attached hydrogens (tertiary/aromatic N) is 2. The first-order valence-corrected chi connectivity index (χ1v) is 6.41. The van der Waals surface area contributed by atoms with Gasteiger partial charge < -0.3 is 4.74 Å². The van der Waals surface area contributed by atoms with Crippen molar-refractivity contribution in [3.8, 4) is 17.6 Å². The van der Waals surface area contributed by atoms with Crippen LogP contribution in [0.3, 0.4) is 0 Å². The van der Waals surface area contributed by atoms with E-state index in [1.54, 1.807) is 19.1 Å². The highest BCUT2D eigenvalue weighted by atomic mass is 19.1. The molecule has 0 amide bonds. The summed E-state index contributed by atoms with van der Waals surface area (Å²) < 4.78 is 19.4. The number of para-hydroxylation sites is 1. The molecule has 3 nitrogen and oxygen atoms in total. The highest BCUT2D eigenvalue weighted by Crippen LogP contribution is 2.32. The lowest BCUT2D eigenvalue weighted by Gasteiger charge is -2.10. The van der Waals surface area contributed by atoms with Crippen LogP contribution < -0.4 is 4.74 Å². The van der Waals surface area contributed by atoms with Gasteiger partial charge in [-0.2, -0.15) is 5.26 Å². The van der Waals surface area contributed by atoms with Crippen LogP contribution in [0.15, 0.2) is 48.7 Å². The lowest BCUT2D eigenvalue weighted by molar-refractivity contribution is 0.479. The number of aryl methyl sites for hydroxylation is 1. The van der Waals surface area contributed by atoms with E-state index < -0.39 is 0 Å². The fourth-order valence-corrected chi connectivity index (χ4v) is 2.06. The van der Waals surface area contributed by atoms with E-state index in [4.69, 9.17) is 4.74 Å². The Balaban J connectivity index is 2.14. The van der Waals surface area contributed by atoms with Crippen molar-refractivity contribution >= 4 is 10.9 Å². The number of pyridine rings is 1. The molecule has 0 aliphatic carbocycles. The molecule has 0 saturated heterocycles. The van der Waals surface area contributed by atoms with Gasteiger partial charge in [-0.25, -0.2) is 4.39 Å². The Kier molecular flexibility index (Phi) is 3.25. The SMILES string of the molecule is Cc1ccc(Oc2c(C#N)cnc3ccccc23)cc1F. The molecule has 3 rings (SSSR count). The molecule has 0 fully saturated rings. The fourth-order valence-electron chi connectivity index (χ4n) is 2.06. The van der Waals surface area contributed by atoms with Gasteiger partial charge in [-0.05, 0) is 30.7 Å². The number of fused-ring (bicyclic) bond motifs is 1. The molecule has 0 atom stereocenters. The van der Waals surface area contributed by atoms with E-state index in [1.165, 1.54) is 12.3 Å². The number of hydrogen-bond acceptors (Lipinski definition) is 3. The van der Waals surface area contributed by atoms with E-state index in [9.17, 15) is 9.65 Å². The molecule has 0 N–H and O–H groups in total. The lowest BCUT2D eigenvalue weighted by Crippen LogP contribution is -1.93. The summed E-state index contributed by atoms with van der Waals surface area (Å²) in [5.41, 5.74) is 1.58. The van der Waals surface area contributed by atoms with Crippen LogP contribution in [-0.2, 0) is 0 Å². The maximum absolute atomic E-state index is 13.6. The van der Waals surface area contributed by atoms with Crippen molar-refractivity contribution in [2.75, 3.05) is 0 Å². The summed E-state index contributed by atoms with van der Waals surface area (Å²) in [4.78, 5) is 4.21. The summed E-state index contributed by atoms with van der Waals surface area (Å²) in [6.07, 6.45) is 1.46. The van der Waals surface area contributed by atoms with Crippen molar-refractivity contribution in [2.24, 2.45) is 0 Å². The molecule has 0 aliphatic rings. The largest absolute Gasteiger partial charge is 0.455 e. The lowest BCUT2D eigenvalue weighted by atomic mass is 10.1. The van der Waals surface area contributed by atoms with Crippen molar-refractivity contribution in [3.05, 3.63) is 65.6 Å². The van der Waals surface area contributed by atoms with Gasteiger partial charge in [-0.15, -0.1) is 0 Å². The topological polar surface area (TPSA) is 45.9 Å². The van der Waals surface area contributed by atoms with Crippen LogP contribution in [0.4, 0.5) is 4.39 Å². The molecule has 0 aliphatic heterocycles. The van der Waals surface area contributed by atoms with Gasteiger partial charge in [0.1, 0.15) is 23.2 Å². The minimum Gasteiger partial charge on any atom is -0.455 e. The van der Waals surface area contributed by atoms with Crippen LogP contribution in [0, 0.1) is 24.1 Å². The van der Waals surface area contributed by atoms with Crippen LogP contribution in [0.2, 0.25) is 0 Å². The Morgan fingerprint density at radius 1 is 1.19 bits per heavy atom. The minimum atomic E-state index is -0.343. The number of nitriles is 1. The first-order valence-electron chi connectivity index (χ1n) is 6.41. The molecule has 0 bridgehead atoms. The summed E-state index contributed by atoms with van der Waals surface area (Å²) >= 11 is 0. The summed E-state index contributed by atoms with van der Waals surface area (Å²) in [6.45, 7) is 1.68. The Hall–Kier alpha value is -2.93. The number of ether oxygens (including phenoxy) is 1. The maximum atomic E-state index is 13.6. The normalized spacial score (nSPS) is 10.3. The second-order valence-electron chi connectivity index (χ2n) is 4.64. The number of rotatable bonds is 2. The van der Waals surface area contributed by atoms with Crippen LogP contribution in [0.25, 0.3) is 10.9 Å². The van der Waals surface area contributed by atoms with Crippen molar-refractivity contribution in [1.82, 2.24) is 4.98 Å². The second kappa shape index (κ2) is 5.22. The highest BCUT2D eigenvalue weighted by molar-refractivity contribution is 5.87. The Morgan fingerprint density at radius 2 is 2.00 bits per heavy atom. The molecule has 3 aromatic rings. The predicted molar refractivity (Wildman–Crippen MR) is 77.7 cm³/mol. The van der Waals surface area contributed by atoms with Gasteiger partial charge >= 0.3 is 0 Å². The smallest absolute Gasteiger partial charge is 0.156 e. The zero-order valence-electron chi connectivity index (χ0n) is 11.3. The fraction of sp³-hybridized carbons (Fsp3) is 0.0588. The van der Waals surface area contributed by atoms with Gasteiger partial charge in [0.2, 0.25) is 0 Å². The summed E-state index contributed by atoms with van der Waals surface area (Å²) in [6, 6.07) is 14.0. The number of hydrogen-bond donors (Lipinski definition) is 0. The Morgan fingerprint density at radius 3 is 2.76 bits per heavy atom. The van der Waals surface area contributed by atoms with Crippen molar-refractivity contribution in [2.45, 2.75) is 6.92 Å². The standard InChI is InChI=1S/C17H11FN2O/c1-11-6-7-13(8-15(11)18)21-17-12(9-19)10-20-16-5-3-2-4-14(16)17/h2-8,10H,1H3. The number of benzene rings is 2. The minimum absolute atomic E-state index is 0.315. The first-order chi connectivity index (χ1) is 10.2. The molecule has 0 unspecified atom stereocenters. The molecular formula is C17H11FN2O. The third-order valence-electron chi connectivity index (χ3n) is 3.21. The third-order valence-corrected chi connectivity index (χ3v) is 3.21. The first kappa shape index (κ1) is 13.1. The molecule has 0 spiro atoms. The average Bonchev–Trinajstić information content (AvgIpc) is 2.51. The zero-order valence-corrected chi connectivity index (χ0v) is 11.3. The van der Waals surface area contributed by atoms with Crippen LogP contribution in [0.5, 0.6) is 11.5 Å². The van der Waals surface area contributed by atoms with Crippen molar-refractivity contribution in [1.29, 1.82) is 5.26 Å². The van der Waals surface area contributed by atoms with E-state index in [1.807, 2.05) is 24.3 Å². The van der Waals surface area contributed by atoms with E-state index in [-0.39, 0.29) is 5.82 Å². The molecule has 2 aromatic carbocycles. The van der Waals surface area contributed by atoms with E-state index in [2.05, 4.69) is 11.1 Å². The molecule has 102 valence electrons. The van der Waals surface area contributed by atoms with Gasteiger partial charge in [0.25, 0.3) is 0 Å². The van der Waals surface area contributed by atoms with Crippen LogP contribution in [0.1, 0.15) is 11.1 Å². The molecule has 0 saturated carbocycles. The van der Waals surface area contributed by atoms with Crippen LogP contribution in [-0.4, -0.2) is 4.98 Å². The quantitative estimate of drug-likeness (QED) is 0.700. The third kappa shape index (κ3) is 2.41. The number of halogens is 1. The number of aromatic nitrogens is 1. The van der Waals surface area contributed by atoms with Gasteiger partial charge in [-0.1, -0.05) is 18.2 Å². The van der Waals surface area contributed by atoms with Crippen LogP contribution >= 0.6 is 0 Å². The second-order valence-corrected chi connectivity index (χ2v) is 4.64. The van der Waals surface area contributed by atoms with Gasteiger partial charge in [0.15, 0.2) is 5.75 Å². The summed E-state index contributed by atoms with van der Waals surface area (Å²) in [5.74, 6) is 0.404. The molecule has 0 radical (unpaired) electrons. The average molecular weight is 278 g/mol. The van der Waals surface area contributed by atoms with Crippen molar-refractivity contribution < 1.29 is 9.13 Å². The molecule has 21 heavy (non-hydrogen) atoms. The van der Waals surface area contributed by atoms with E-state index in [0.29, 0.717) is 22.6 Å². The summed E-state index contributed by atoms with van der Waals surface area (Å²) in [5, 5.41) is 9.93. The summed E-state index contributed by atoms with van der Waals surface area (Å²) in [7, 11) is 0. The molecule has 1 heterocycles. The Bertz CT molecular complexity index is 868. The predicted octanol–water partition coefficient (Wildman–Crippen LogP) is 4.35. The maximum Gasteiger partial charge on any atom is 0.156 e. The van der Waals surface area contributed by atoms with Gasteiger partial charge in [0, 0.05) is 17.6 Å².